The van der Waals surface area contributed by atoms with Crippen molar-refractivity contribution in [1.82, 2.24) is 0 Å². The van der Waals surface area contributed by atoms with E-state index in [1.807, 2.05) is 6.92 Å². The lowest BCUT2D eigenvalue weighted by Gasteiger charge is -2.15. The van der Waals surface area contributed by atoms with Gasteiger partial charge >= 0.3 is 0 Å². The highest BCUT2D eigenvalue weighted by Crippen LogP contribution is 2.22. The summed E-state index contributed by atoms with van der Waals surface area (Å²) in [6, 6.07) is 0.398. The van der Waals surface area contributed by atoms with E-state index >= 15 is 0 Å². The summed E-state index contributed by atoms with van der Waals surface area (Å²) < 4.78 is 0. The molecule has 0 aromatic heterocycles. The van der Waals surface area contributed by atoms with Crippen LogP contribution in [0.1, 0.15) is 65.7 Å². The maximum absolute atomic E-state index is 7.00. The highest BCUT2D eigenvalue weighted by molar-refractivity contribution is 4.59. The van der Waals surface area contributed by atoms with Crippen LogP contribution in [0.25, 0.3) is 0 Å². The predicted octanol–water partition coefficient (Wildman–Crippen LogP) is 3.33. The molecule has 1 aliphatic rings. The van der Waals surface area contributed by atoms with Gasteiger partial charge in [-0.2, -0.15) is 0 Å². The molecule has 0 unspecified atom stereocenters. The average Bonchev–Trinajstić information content (AvgIpc) is 2.22. The quantitative estimate of drug-likeness (QED) is 0.745. The molecule has 2 heteroatoms. The summed E-state index contributed by atoms with van der Waals surface area (Å²) in [7, 11) is 1.00. The second-order valence-corrected chi connectivity index (χ2v) is 4.51. The van der Waals surface area contributed by atoms with Gasteiger partial charge in [-0.3, -0.25) is 0 Å². The number of rotatable bonds is 2. The Hall–Kier alpha value is -0.0800. The fourth-order valence-electron chi connectivity index (χ4n) is 1.76. The third-order valence-electron chi connectivity index (χ3n) is 2.64. The van der Waals surface area contributed by atoms with Gasteiger partial charge in [0, 0.05) is 13.2 Å². The van der Waals surface area contributed by atoms with Crippen molar-refractivity contribution in [1.29, 1.82) is 0 Å². The number of aliphatic hydroxyl groups is 1. The Kier molecular flexibility index (Phi) is 16.1. The lowest BCUT2D eigenvalue weighted by molar-refractivity contribution is 0.385. The van der Waals surface area contributed by atoms with Crippen LogP contribution in [0.15, 0.2) is 0 Å². The van der Waals surface area contributed by atoms with E-state index in [2.05, 4.69) is 13.8 Å². The van der Waals surface area contributed by atoms with Crippen LogP contribution >= 0.6 is 0 Å². The fourth-order valence-corrected chi connectivity index (χ4v) is 1.76. The van der Waals surface area contributed by atoms with Crippen LogP contribution in [0.2, 0.25) is 0 Å². The average molecular weight is 217 g/mol. The zero-order valence-corrected chi connectivity index (χ0v) is 11.1. The van der Waals surface area contributed by atoms with Crippen LogP contribution < -0.4 is 5.73 Å². The van der Waals surface area contributed by atoms with Gasteiger partial charge in [0.05, 0.1) is 0 Å². The molecule has 0 aromatic rings. The molecule has 0 spiro atoms. The first-order valence-corrected chi connectivity index (χ1v) is 6.37. The van der Waals surface area contributed by atoms with E-state index in [1.165, 1.54) is 38.5 Å². The summed E-state index contributed by atoms with van der Waals surface area (Å²) in [6.07, 6.45) is 9.80. The van der Waals surface area contributed by atoms with Gasteiger partial charge in [0.15, 0.2) is 0 Å². The molecule has 0 aromatic carbocycles. The number of hydrogen-bond acceptors (Lipinski definition) is 2. The Morgan fingerprint density at radius 3 is 1.80 bits per heavy atom. The first-order valence-electron chi connectivity index (χ1n) is 6.37. The molecule has 0 heterocycles. The zero-order chi connectivity index (χ0) is 12.1. The van der Waals surface area contributed by atoms with E-state index < -0.39 is 0 Å². The van der Waals surface area contributed by atoms with Crippen molar-refractivity contribution < 1.29 is 5.11 Å². The van der Waals surface area contributed by atoms with Crippen LogP contribution in [-0.2, 0) is 0 Å². The Balaban J connectivity index is 0. The molecule has 1 fully saturated rings. The van der Waals surface area contributed by atoms with E-state index in [0.29, 0.717) is 6.04 Å². The number of nitrogens with two attached hydrogens (primary N) is 1. The summed E-state index contributed by atoms with van der Waals surface area (Å²) in [5.74, 6) is 1.04. The molecular formula is C13H31NO. The normalized spacial score (nSPS) is 18.0. The molecule has 1 rings (SSSR count). The Bertz CT molecular complexity index is 98.7. The van der Waals surface area contributed by atoms with Crippen LogP contribution in [0.5, 0.6) is 0 Å². The molecule has 3 N–H and O–H groups in total. The van der Waals surface area contributed by atoms with Crippen molar-refractivity contribution in [3.05, 3.63) is 0 Å². The number of aliphatic hydroxyl groups excluding tert-OH is 1. The van der Waals surface area contributed by atoms with Gasteiger partial charge in [-0.25, -0.2) is 0 Å². The molecular weight excluding hydrogens is 186 g/mol. The molecule has 0 amide bonds. The van der Waals surface area contributed by atoms with Crippen molar-refractivity contribution in [3.63, 3.8) is 0 Å². The molecule has 1 aliphatic carbocycles. The third kappa shape index (κ3) is 16.6. The molecule has 0 radical (unpaired) electrons. The van der Waals surface area contributed by atoms with Gasteiger partial charge < -0.3 is 10.8 Å². The monoisotopic (exact) mass is 217 g/mol. The lowest BCUT2D eigenvalue weighted by atomic mass is 9.91. The minimum atomic E-state index is 0.398. The predicted molar refractivity (Wildman–Crippen MR) is 68.9 cm³/mol. The highest BCUT2D eigenvalue weighted by Gasteiger charge is 2.05. The van der Waals surface area contributed by atoms with Gasteiger partial charge in [0.25, 0.3) is 0 Å². The van der Waals surface area contributed by atoms with E-state index in [4.69, 9.17) is 10.8 Å². The molecule has 0 aliphatic heterocycles. The minimum Gasteiger partial charge on any atom is -0.400 e. The van der Waals surface area contributed by atoms with Crippen molar-refractivity contribution >= 4 is 0 Å². The maximum Gasteiger partial charge on any atom is 0.0319 e. The smallest absolute Gasteiger partial charge is 0.0319 e. The standard InChI is InChI=1S/C7H14.C5H13N.CH4O/c1-7-5-3-2-4-6-7;1-3-4-5(2)6;1-2/h7H,2-6H2,1H3;5H,3-4,6H2,1-2H3;2H,1H3/t;5-;/m.0./s1. The van der Waals surface area contributed by atoms with Crippen LogP contribution in [0.4, 0.5) is 0 Å². The van der Waals surface area contributed by atoms with Gasteiger partial charge in [-0.15, -0.1) is 0 Å². The first-order chi connectivity index (χ1) is 7.16. The Morgan fingerprint density at radius 1 is 1.20 bits per heavy atom. The van der Waals surface area contributed by atoms with Crippen molar-refractivity contribution in [2.75, 3.05) is 7.11 Å². The largest absolute Gasteiger partial charge is 0.400 e. The third-order valence-corrected chi connectivity index (χ3v) is 2.64. The Morgan fingerprint density at radius 2 is 1.67 bits per heavy atom. The van der Waals surface area contributed by atoms with Crippen LogP contribution in [-0.4, -0.2) is 18.3 Å². The lowest BCUT2D eigenvalue weighted by Crippen LogP contribution is -2.13. The molecule has 15 heavy (non-hydrogen) atoms. The van der Waals surface area contributed by atoms with Crippen molar-refractivity contribution in [2.24, 2.45) is 11.7 Å². The van der Waals surface area contributed by atoms with Gasteiger partial charge in [0.1, 0.15) is 0 Å². The topological polar surface area (TPSA) is 46.2 Å². The summed E-state index contributed by atoms with van der Waals surface area (Å²) in [5, 5.41) is 7.00. The first kappa shape index (κ1) is 17.3. The molecule has 0 bridgehead atoms. The minimum absolute atomic E-state index is 0.398. The van der Waals surface area contributed by atoms with E-state index in [9.17, 15) is 0 Å². The summed E-state index contributed by atoms with van der Waals surface area (Å²) >= 11 is 0. The Labute approximate surface area is 96.3 Å². The van der Waals surface area contributed by atoms with E-state index in [1.54, 1.807) is 0 Å². The summed E-state index contributed by atoms with van der Waals surface area (Å²) in [4.78, 5) is 0. The molecule has 94 valence electrons. The van der Waals surface area contributed by atoms with Crippen LogP contribution in [0.3, 0.4) is 0 Å². The fraction of sp³-hybridized carbons (Fsp3) is 1.00. The maximum atomic E-state index is 7.00. The second kappa shape index (κ2) is 13.9. The van der Waals surface area contributed by atoms with Crippen molar-refractivity contribution in [3.8, 4) is 0 Å². The summed E-state index contributed by atoms with van der Waals surface area (Å²) in [5.41, 5.74) is 5.40. The SMILES string of the molecule is CC1CCCCC1.CCC[C@H](C)N.CO. The highest BCUT2D eigenvalue weighted by atomic mass is 16.2. The van der Waals surface area contributed by atoms with E-state index in [-0.39, 0.29) is 0 Å². The zero-order valence-electron chi connectivity index (χ0n) is 11.1. The second-order valence-electron chi connectivity index (χ2n) is 4.51. The molecule has 0 saturated heterocycles. The van der Waals surface area contributed by atoms with Gasteiger partial charge in [0.2, 0.25) is 0 Å². The van der Waals surface area contributed by atoms with Gasteiger partial charge in [-0.05, 0) is 19.3 Å². The van der Waals surface area contributed by atoms with Gasteiger partial charge in [-0.1, -0.05) is 52.4 Å². The number of hydrogen-bond donors (Lipinski definition) is 2. The van der Waals surface area contributed by atoms with Crippen LogP contribution in [0, 0.1) is 5.92 Å². The molecule has 1 atom stereocenters. The van der Waals surface area contributed by atoms with E-state index in [0.717, 1.165) is 19.4 Å². The van der Waals surface area contributed by atoms with Crippen molar-refractivity contribution in [2.45, 2.75) is 71.8 Å². The summed E-state index contributed by atoms with van der Waals surface area (Å²) in [6.45, 7) is 6.53. The molecule has 2 nitrogen and oxygen atoms in total. The molecule has 1 saturated carbocycles.